The molecule has 0 spiro atoms. The van der Waals surface area contributed by atoms with E-state index in [0.717, 1.165) is 5.13 Å². The molecule has 1 aromatic heterocycles. The van der Waals surface area contributed by atoms with Crippen LogP contribution in [-0.2, 0) is 0 Å². The Morgan fingerprint density at radius 3 is 2.69 bits per heavy atom. The van der Waals surface area contributed by atoms with Gasteiger partial charge in [0.25, 0.3) is 0 Å². The Labute approximate surface area is 99.5 Å². The Kier molecular flexibility index (Phi) is 3.19. The quantitative estimate of drug-likeness (QED) is 0.883. The predicted molar refractivity (Wildman–Crippen MR) is 67.9 cm³/mol. The lowest BCUT2D eigenvalue weighted by Gasteiger charge is -2.14. The van der Waals surface area contributed by atoms with Crippen molar-refractivity contribution in [3.8, 4) is 0 Å². The number of hydrogen-bond donors (Lipinski definition) is 1. The molecule has 2 rings (SSSR count). The Bertz CT molecular complexity index is 465. The molecular weight excluding hydrogens is 218 g/mol. The van der Waals surface area contributed by atoms with Crippen molar-refractivity contribution in [2.24, 2.45) is 0 Å². The summed E-state index contributed by atoms with van der Waals surface area (Å²) in [5, 5.41) is 12.0. The average molecular weight is 233 g/mol. The van der Waals surface area contributed by atoms with Crippen LogP contribution in [0.4, 0.5) is 5.13 Å². The first-order chi connectivity index (χ1) is 7.66. The van der Waals surface area contributed by atoms with Crippen molar-refractivity contribution in [1.29, 1.82) is 0 Å². The number of nitrogens with zero attached hydrogens (tertiary/aromatic N) is 2. The summed E-state index contributed by atoms with van der Waals surface area (Å²) in [6.45, 7) is 6.39. The number of nitrogens with one attached hydrogen (secondary N) is 1. The normalized spacial score (nSPS) is 12.4. The zero-order valence-corrected chi connectivity index (χ0v) is 10.5. The minimum Gasteiger partial charge on any atom is -0.354 e. The third kappa shape index (κ3) is 2.39. The second-order valence-corrected chi connectivity index (χ2v) is 4.79. The fourth-order valence-corrected chi connectivity index (χ4v) is 2.07. The van der Waals surface area contributed by atoms with Crippen LogP contribution in [0.15, 0.2) is 23.7 Å². The van der Waals surface area contributed by atoms with Crippen molar-refractivity contribution < 1.29 is 0 Å². The molecule has 0 aliphatic rings. The van der Waals surface area contributed by atoms with Gasteiger partial charge in [0.1, 0.15) is 5.51 Å². The van der Waals surface area contributed by atoms with Crippen molar-refractivity contribution in [2.75, 3.05) is 5.32 Å². The highest BCUT2D eigenvalue weighted by Gasteiger charge is 2.07. The number of rotatable bonds is 3. The Hall–Kier alpha value is -1.42. The van der Waals surface area contributed by atoms with Gasteiger partial charge in [0.05, 0.1) is 6.04 Å². The summed E-state index contributed by atoms with van der Waals surface area (Å²) in [7, 11) is 0. The third-order valence-electron chi connectivity index (χ3n) is 2.73. The third-order valence-corrected chi connectivity index (χ3v) is 3.35. The highest BCUT2D eigenvalue weighted by atomic mass is 32.1. The molecule has 0 aliphatic carbocycles. The summed E-state index contributed by atoms with van der Waals surface area (Å²) >= 11 is 1.52. The highest BCUT2D eigenvalue weighted by molar-refractivity contribution is 7.13. The van der Waals surface area contributed by atoms with Crippen molar-refractivity contribution in [3.63, 3.8) is 0 Å². The van der Waals surface area contributed by atoms with Crippen molar-refractivity contribution in [2.45, 2.75) is 26.8 Å². The van der Waals surface area contributed by atoms with Gasteiger partial charge in [0.15, 0.2) is 0 Å². The zero-order chi connectivity index (χ0) is 11.5. The zero-order valence-electron chi connectivity index (χ0n) is 9.69. The van der Waals surface area contributed by atoms with E-state index in [0.29, 0.717) is 0 Å². The van der Waals surface area contributed by atoms with E-state index in [1.54, 1.807) is 5.51 Å². The van der Waals surface area contributed by atoms with Crippen LogP contribution in [0.2, 0.25) is 0 Å². The maximum absolute atomic E-state index is 3.98. The van der Waals surface area contributed by atoms with E-state index >= 15 is 0 Å². The van der Waals surface area contributed by atoms with Crippen LogP contribution in [0.25, 0.3) is 0 Å². The first-order valence-electron chi connectivity index (χ1n) is 5.26. The van der Waals surface area contributed by atoms with E-state index in [1.807, 2.05) is 0 Å². The van der Waals surface area contributed by atoms with E-state index in [1.165, 1.54) is 28.0 Å². The molecule has 16 heavy (non-hydrogen) atoms. The molecule has 1 unspecified atom stereocenters. The molecule has 3 nitrogen and oxygen atoms in total. The molecule has 4 heteroatoms. The second-order valence-electron chi connectivity index (χ2n) is 3.95. The van der Waals surface area contributed by atoms with Gasteiger partial charge in [-0.05, 0) is 37.5 Å². The van der Waals surface area contributed by atoms with Gasteiger partial charge in [0, 0.05) is 0 Å². The van der Waals surface area contributed by atoms with Crippen molar-refractivity contribution >= 4 is 16.5 Å². The lowest BCUT2D eigenvalue weighted by atomic mass is 10.0. The number of aromatic nitrogens is 2. The van der Waals surface area contributed by atoms with Gasteiger partial charge < -0.3 is 5.32 Å². The largest absolute Gasteiger partial charge is 0.354 e. The number of hydrogen-bond acceptors (Lipinski definition) is 4. The fraction of sp³-hybridized carbons (Fsp3) is 0.333. The van der Waals surface area contributed by atoms with Gasteiger partial charge in [-0.1, -0.05) is 29.5 Å². The molecule has 1 heterocycles. The van der Waals surface area contributed by atoms with Gasteiger partial charge in [-0.3, -0.25) is 0 Å². The van der Waals surface area contributed by atoms with Crippen LogP contribution < -0.4 is 5.32 Å². The smallest absolute Gasteiger partial charge is 0.205 e. The molecular formula is C12H15N3S. The average Bonchev–Trinajstić information content (AvgIpc) is 2.74. The molecule has 0 radical (unpaired) electrons. The number of anilines is 1. The van der Waals surface area contributed by atoms with Gasteiger partial charge in [-0.15, -0.1) is 10.2 Å². The molecule has 0 amide bonds. The molecule has 2 aromatic rings. The van der Waals surface area contributed by atoms with Crippen LogP contribution in [0, 0.1) is 13.8 Å². The Morgan fingerprint density at radius 1 is 1.25 bits per heavy atom. The summed E-state index contributed by atoms with van der Waals surface area (Å²) < 4.78 is 0. The molecule has 0 bridgehead atoms. The molecule has 1 N–H and O–H groups in total. The molecule has 0 saturated heterocycles. The summed E-state index contributed by atoms with van der Waals surface area (Å²) in [4.78, 5) is 0. The molecule has 0 aliphatic heterocycles. The maximum Gasteiger partial charge on any atom is 0.205 e. The van der Waals surface area contributed by atoms with E-state index in [9.17, 15) is 0 Å². The second kappa shape index (κ2) is 4.61. The standard InChI is InChI=1S/C12H15N3S/c1-8-4-5-11(6-9(8)2)10(3)14-12-15-13-7-16-12/h4-7,10H,1-3H3,(H,14,15). The SMILES string of the molecule is Cc1ccc(C(C)Nc2nncs2)cc1C. The lowest BCUT2D eigenvalue weighted by molar-refractivity contribution is 0.871. The predicted octanol–water partition coefficient (Wildman–Crippen LogP) is 3.33. The molecule has 84 valence electrons. The lowest BCUT2D eigenvalue weighted by Crippen LogP contribution is -2.06. The summed E-state index contributed by atoms with van der Waals surface area (Å²) in [5.74, 6) is 0. The molecule has 1 aromatic carbocycles. The van der Waals surface area contributed by atoms with E-state index in [-0.39, 0.29) is 6.04 Å². The van der Waals surface area contributed by atoms with Crippen molar-refractivity contribution in [3.05, 3.63) is 40.4 Å². The fourth-order valence-electron chi connectivity index (χ4n) is 1.54. The summed E-state index contributed by atoms with van der Waals surface area (Å²) in [5.41, 5.74) is 5.66. The van der Waals surface area contributed by atoms with Crippen LogP contribution in [0.3, 0.4) is 0 Å². The topological polar surface area (TPSA) is 37.8 Å². The number of benzene rings is 1. The van der Waals surface area contributed by atoms with Gasteiger partial charge >= 0.3 is 0 Å². The van der Waals surface area contributed by atoms with E-state index in [2.05, 4.69) is 54.5 Å². The highest BCUT2D eigenvalue weighted by Crippen LogP contribution is 2.21. The Morgan fingerprint density at radius 2 is 2.06 bits per heavy atom. The van der Waals surface area contributed by atoms with Crippen LogP contribution in [0.5, 0.6) is 0 Å². The molecule has 0 fully saturated rings. The van der Waals surface area contributed by atoms with Gasteiger partial charge in [-0.2, -0.15) is 0 Å². The monoisotopic (exact) mass is 233 g/mol. The maximum atomic E-state index is 3.98. The van der Waals surface area contributed by atoms with Crippen LogP contribution >= 0.6 is 11.3 Å². The molecule has 0 saturated carbocycles. The molecule has 1 atom stereocenters. The summed E-state index contributed by atoms with van der Waals surface area (Å²) in [6, 6.07) is 6.78. The first-order valence-corrected chi connectivity index (χ1v) is 6.14. The minimum atomic E-state index is 0.257. The minimum absolute atomic E-state index is 0.257. The summed E-state index contributed by atoms with van der Waals surface area (Å²) in [6.07, 6.45) is 0. The first kappa shape index (κ1) is 11.1. The van der Waals surface area contributed by atoms with E-state index in [4.69, 9.17) is 0 Å². The van der Waals surface area contributed by atoms with Crippen molar-refractivity contribution in [1.82, 2.24) is 10.2 Å². The van der Waals surface area contributed by atoms with Gasteiger partial charge in [0.2, 0.25) is 5.13 Å². The Balaban J connectivity index is 2.14. The van der Waals surface area contributed by atoms with Crippen LogP contribution in [0.1, 0.15) is 29.7 Å². The van der Waals surface area contributed by atoms with E-state index < -0.39 is 0 Å². The van der Waals surface area contributed by atoms with Gasteiger partial charge in [-0.25, -0.2) is 0 Å². The van der Waals surface area contributed by atoms with Crippen LogP contribution in [-0.4, -0.2) is 10.2 Å². The number of aryl methyl sites for hydroxylation is 2.